The molecule has 3 heterocycles. The summed E-state index contributed by atoms with van der Waals surface area (Å²) < 4.78 is 20.2. The molecule has 1 atom stereocenters. The molecule has 1 amide bonds. The van der Waals surface area contributed by atoms with Crippen LogP contribution in [0.2, 0.25) is 0 Å². The van der Waals surface area contributed by atoms with Crippen LogP contribution < -0.4 is 20.9 Å². The normalized spacial score (nSPS) is 15.4. The number of benzene rings is 2. The smallest absolute Gasteiger partial charge is 0.259 e. The number of nitrogens with one attached hydrogen (secondary N) is 3. The minimum atomic E-state index is -0.394. The molecule has 4 aromatic rings. The molecule has 1 aliphatic heterocycles. The number of hydrogen-bond acceptors (Lipinski definition) is 7. The highest BCUT2D eigenvalue weighted by molar-refractivity contribution is 6.00. The molecule has 5 rings (SSSR count). The summed E-state index contributed by atoms with van der Waals surface area (Å²) in [4.78, 5) is 38.6. The number of nitrogens with zero attached hydrogens (tertiary/aromatic N) is 3. The lowest BCUT2D eigenvalue weighted by Gasteiger charge is -2.18. The van der Waals surface area contributed by atoms with Gasteiger partial charge in [-0.15, -0.1) is 0 Å². The fourth-order valence-electron chi connectivity index (χ4n) is 4.57. The Morgan fingerprint density at radius 3 is 2.87 bits per heavy atom. The lowest BCUT2D eigenvalue weighted by atomic mass is 10.0. The van der Waals surface area contributed by atoms with Crippen LogP contribution in [-0.2, 0) is 4.79 Å². The zero-order chi connectivity index (χ0) is 26.8. The maximum Gasteiger partial charge on any atom is 0.259 e. The summed E-state index contributed by atoms with van der Waals surface area (Å²) in [6.45, 7) is 7.01. The van der Waals surface area contributed by atoms with E-state index in [9.17, 15) is 14.0 Å². The summed E-state index contributed by atoms with van der Waals surface area (Å²) in [6.07, 6.45) is 3.53. The van der Waals surface area contributed by atoms with Crippen LogP contribution in [0.1, 0.15) is 12.1 Å². The van der Waals surface area contributed by atoms with Crippen molar-refractivity contribution in [2.24, 2.45) is 0 Å². The van der Waals surface area contributed by atoms with Crippen LogP contribution >= 0.6 is 0 Å². The van der Waals surface area contributed by atoms with Crippen molar-refractivity contribution in [1.82, 2.24) is 19.9 Å². The molecule has 2 aromatic heterocycles. The van der Waals surface area contributed by atoms with Crippen molar-refractivity contribution < 1.29 is 13.9 Å². The summed E-state index contributed by atoms with van der Waals surface area (Å²) in [5.74, 6) is 0.00880. The van der Waals surface area contributed by atoms with Gasteiger partial charge in [0, 0.05) is 36.2 Å². The molecule has 9 nitrogen and oxygen atoms in total. The molecular weight excluding hydrogens is 487 g/mol. The third-order valence-electron chi connectivity index (χ3n) is 6.38. The first kappa shape index (κ1) is 25.1. The molecule has 0 saturated carbocycles. The van der Waals surface area contributed by atoms with Crippen molar-refractivity contribution in [3.05, 3.63) is 83.2 Å². The second-order valence-corrected chi connectivity index (χ2v) is 9.24. The molecule has 38 heavy (non-hydrogen) atoms. The van der Waals surface area contributed by atoms with Crippen molar-refractivity contribution in [3.8, 4) is 16.9 Å². The van der Waals surface area contributed by atoms with Crippen LogP contribution in [-0.4, -0.2) is 52.0 Å². The van der Waals surface area contributed by atoms with Crippen LogP contribution in [0.4, 0.5) is 21.7 Å². The number of amides is 1. The van der Waals surface area contributed by atoms with Crippen LogP contribution in [0, 0.1) is 12.7 Å². The number of halogens is 1. The number of hydrogen-bond donors (Lipinski definition) is 3. The van der Waals surface area contributed by atoms with Gasteiger partial charge in [-0.2, -0.15) is 0 Å². The highest BCUT2D eigenvalue weighted by Crippen LogP contribution is 2.32. The van der Waals surface area contributed by atoms with Gasteiger partial charge in [0.2, 0.25) is 11.9 Å². The van der Waals surface area contributed by atoms with E-state index in [0.29, 0.717) is 39.5 Å². The summed E-state index contributed by atoms with van der Waals surface area (Å²) in [5.41, 5.74) is 2.87. The highest BCUT2D eigenvalue weighted by Gasteiger charge is 2.22. The zero-order valence-electron chi connectivity index (χ0n) is 21.0. The number of fused-ring (bicyclic) bond motifs is 1. The monoisotopic (exact) mass is 514 g/mol. The number of likely N-dealkylation sites (tertiary alicyclic amines) is 1. The van der Waals surface area contributed by atoms with Crippen molar-refractivity contribution in [2.45, 2.75) is 19.4 Å². The van der Waals surface area contributed by atoms with Gasteiger partial charge in [0.1, 0.15) is 17.7 Å². The predicted molar refractivity (Wildman–Crippen MR) is 145 cm³/mol. The van der Waals surface area contributed by atoms with Gasteiger partial charge in [0.15, 0.2) is 0 Å². The number of carbonyl (C=O) groups is 1. The average molecular weight is 515 g/mol. The number of aromatic nitrogens is 3. The summed E-state index contributed by atoms with van der Waals surface area (Å²) in [6, 6.07) is 11.4. The quantitative estimate of drug-likeness (QED) is 0.314. The molecule has 194 valence electrons. The Labute approximate surface area is 218 Å². The lowest BCUT2D eigenvalue weighted by Crippen LogP contribution is -2.22. The van der Waals surface area contributed by atoms with Crippen LogP contribution in [0.5, 0.6) is 5.75 Å². The topological polar surface area (TPSA) is 112 Å². The number of pyridine rings is 1. The van der Waals surface area contributed by atoms with E-state index in [1.807, 2.05) is 7.05 Å². The first-order chi connectivity index (χ1) is 18.3. The Morgan fingerprint density at radius 2 is 2.13 bits per heavy atom. The van der Waals surface area contributed by atoms with E-state index in [2.05, 4.69) is 37.1 Å². The number of ether oxygens (including phenoxy) is 1. The molecular formula is C28H27FN6O3. The number of aryl methyl sites for hydroxylation is 1. The molecule has 1 unspecified atom stereocenters. The Hall–Kier alpha value is -4.57. The molecule has 2 aromatic carbocycles. The van der Waals surface area contributed by atoms with Gasteiger partial charge >= 0.3 is 0 Å². The van der Waals surface area contributed by atoms with E-state index in [-0.39, 0.29) is 28.9 Å². The minimum absolute atomic E-state index is 0.0181. The maximum atomic E-state index is 14.0. The van der Waals surface area contributed by atoms with Gasteiger partial charge < -0.3 is 25.3 Å². The van der Waals surface area contributed by atoms with E-state index in [1.54, 1.807) is 37.3 Å². The Kier molecular flexibility index (Phi) is 6.89. The largest absolute Gasteiger partial charge is 0.487 e. The first-order valence-corrected chi connectivity index (χ1v) is 12.2. The van der Waals surface area contributed by atoms with Crippen LogP contribution in [0.25, 0.3) is 22.0 Å². The molecule has 10 heteroatoms. The summed E-state index contributed by atoms with van der Waals surface area (Å²) in [7, 11) is 2.04. The average Bonchev–Trinajstić information content (AvgIpc) is 3.30. The van der Waals surface area contributed by atoms with Gasteiger partial charge in [-0.25, -0.2) is 14.4 Å². The minimum Gasteiger partial charge on any atom is -0.487 e. The number of anilines is 3. The molecule has 0 bridgehead atoms. The van der Waals surface area contributed by atoms with E-state index < -0.39 is 5.82 Å². The predicted octanol–water partition coefficient (Wildman–Crippen LogP) is 4.38. The third-order valence-corrected chi connectivity index (χ3v) is 6.38. The number of rotatable bonds is 7. The van der Waals surface area contributed by atoms with Gasteiger partial charge in [0.25, 0.3) is 5.56 Å². The molecule has 0 aliphatic carbocycles. The van der Waals surface area contributed by atoms with E-state index >= 15 is 0 Å². The fourth-order valence-corrected chi connectivity index (χ4v) is 4.57. The Balaban J connectivity index is 1.51. The second-order valence-electron chi connectivity index (χ2n) is 9.24. The first-order valence-electron chi connectivity index (χ1n) is 12.2. The molecule has 1 saturated heterocycles. The highest BCUT2D eigenvalue weighted by atomic mass is 19.1. The van der Waals surface area contributed by atoms with Gasteiger partial charge in [0.05, 0.1) is 16.6 Å². The van der Waals surface area contributed by atoms with Crippen LogP contribution in [0.15, 0.2) is 66.1 Å². The van der Waals surface area contributed by atoms with Crippen molar-refractivity contribution >= 4 is 34.1 Å². The van der Waals surface area contributed by atoms with Gasteiger partial charge in [-0.1, -0.05) is 18.7 Å². The van der Waals surface area contributed by atoms with Crippen molar-refractivity contribution in [2.75, 3.05) is 30.8 Å². The number of H-pyrrole nitrogens is 1. The van der Waals surface area contributed by atoms with Crippen molar-refractivity contribution in [1.29, 1.82) is 0 Å². The fraction of sp³-hybridized carbons (Fsp3) is 0.214. The van der Waals surface area contributed by atoms with E-state index in [1.165, 1.54) is 24.4 Å². The van der Waals surface area contributed by atoms with Crippen LogP contribution in [0.3, 0.4) is 0 Å². The molecule has 1 fully saturated rings. The summed E-state index contributed by atoms with van der Waals surface area (Å²) in [5, 5.41) is 6.21. The molecule has 3 N–H and O–H groups in total. The standard InChI is InChI=1S/C28H27FN6O3/c1-4-24(36)33-22-13-19(8-9-23(22)38-20-10-11-35(3)15-20)32-28-30-14-21-26(34-28)25(16(2)31-27(21)37)17-6-5-7-18(29)12-17/h4-9,12-14,20H,1,10-11,15H2,2-3H3,(H,31,37)(H,33,36)(H,30,32,34). The number of aromatic amines is 1. The number of likely N-dealkylation sites (N-methyl/N-ethyl adjacent to an activating group) is 1. The molecule has 0 spiro atoms. The molecule has 0 radical (unpaired) electrons. The van der Waals surface area contributed by atoms with E-state index in [4.69, 9.17) is 4.74 Å². The van der Waals surface area contributed by atoms with E-state index in [0.717, 1.165) is 19.5 Å². The van der Waals surface area contributed by atoms with Crippen molar-refractivity contribution in [3.63, 3.8) is 0 Å². The molecule has 1 aliphatic rings. The summed E-state index contributed by atoms with van der Waals surface area (Å²) >= 11 is 0. The van der Waals surface area contributed by atoms with Gasteiger partial charge in [-0.3, -0.25) is 9.59 Å². The van der Waals surface area contributed by atoms with Gasteiger partial charge in [-0.05, 0) is 62.4 Å². The Bertz CT molecular complexity index is 1600. The third kappa shape index (κ3) is 5.25. The maximum absolute atomic E-state index is 14.0. The lowest BCUT2D eigenvalue weighted by molar-refractivity contribution is -0.111. The number of carbonyl (C=O) groups excluding carboxylic acids is 1. The second kappa shape index (κ2) is 10.4. The SMILES string of the molecule is C=CC(=O)Nc1cc(Nc2ncc3c(=O)[nH]c(C)c(-c4cccc(F)c4)c3n2)ccc1OC1CCN(C)C1. The Morgan fingerprint density at radius 1 is 1.29 bits per heavy atom. The zero-order valence-corrected chi connectivity index (χ0v) is 21.0.